The molecule has 1 aliphatic carbocycles. The molecule has 0 aliphatic heterocycles. The first-order chi connectivity index (χ1) is 8.09. The molecule has 0 saturated heterocycles. The first-order valence-corrected chi connectivity index (χ1v) is 5.57. The van der Waals surface area contributed by atoms with Crippen molar-refractivity contribution in [2.75, 3.05) is 0 Å². The zero-order valence-corrected chi connectivity index (χ0v) is 9.20. The summed E-state index contributed by atoms with van der Waals surface area (Å²) in [6.45, 7) is 0. The summed E-state index contributed by atoms with van der Waals surface area (Å²) in [6.07, 6.45) is 2.82. The predicted molar refractivity (Wildman–Crippen MR) is 60.8 cm³/mol. The Kier molecular flexibility index (Phi) is 3.08. The quantitative estimate of drug-likeness (QED) is 0.642. The van der Waals surface area contributed by atoms with E-state index in [1.807, 2.05) is 0 Å². The van der Waals surface area contributed by atoms with E-state index in [2.05, 4.69) is 0 Å². The van der Waals surface area contributed by atoms with Crippen molar-refractivity contribution < 1.29 is 14.8 Å². The molecule has 0 heterocycles. The molecule has 1 unspecified atom stereocenters. The lowest BCUT2D eigenvalue weighted by molar-refractivity contribution is -0.384. The molecule has 0 radical (unpaired) electrons. The highest BCUT2D eigenvalue weighted by Gasteiger charge is 2.34. The molecule has 1 saturated carbocycles. The summed E-state index contributed by atoms with van der Waals surface area (Å²) in [5, 5.41) is 19.9. The minimum atomic E-state index is -0.893. The van der Waals surface area contributed by atoms with Crippen molar-refractivity contribution >= 4 is 11.7 Å². The second-order valence-electron chi connectivity index (χ2n) is 4.36. The maximum atomic E-state index is 11.2. The van der Waals surface area contributed by atoms with Gasteiger partial charge >= 0.3 is 5.97 Å². The van der Waals surface area contributed by atoms with Gasteiger partial charge in [-0.2, -0.15) is 0 Å². The minimum absolute atomic E-state index is 0.0481. The lowest BCUT2D eigenvalue weighted by atomic mass is 9.73. The Labute approximate surface area is 98.2 Å². The molecule has 90 valence electrons. The van der Waals surface area contributed by atoms with E-state index < -0.39 is 16.8 Å². The summed E-state index contributed by atoms with van der Waals surface area (Å²) in [7, 11) is 0. The van der Waals surface area contributed by atoms with Crippen LogP contribution in [-0.4, -0.2) is 16.0 Å². The van der Waals surface area contributed by atoms with Crippen molar-refractivity contribution in [2.45, 2.75) is 25.2 Å². The average Bonchev–Trinajstić information content (AvgIpc) is 2.22. The maximum Gasteiger partial charge on any atom is 0.311 e. The van der Waals surface area contributed by atoms with Gasteiger partial charge in [-0.25, -0.2) is 0 Å². The van der Waals surface area contributed by atoms with E-state index in [1.165, 1.54) is 12.1 Å². The summed E-state index contributed by atoms with van der Waals surface area (Å²) in [4.78, 5) is 21.4. The number of carboxylic acid groups (broad SMARTS) is 1. The normalized spacial score (nSPS) is 17.2. The largest absolute Gasteiger partial charge is 0.481 e. The maximum absolute atomic E-state index is 11.2. The summed E-state index contributed by atoms with van der Waals surface area (Å²) < 4.78 is 0. The van der Waals surface area contributed by atoms with Gasteiger partial charge in [-0.3, -0.25) is 14.9 Å². The van der Waals surface area contributed by atoms with Crippen LogP contribution in [0.4, 0.5) is 5.69 Å². The summed E-state index contributed by atoms with van der Waals surface area (Å²) in [5.74, 6) is -1.38. The molecule has 1 fully saturated rings. The van der Waals surface area contributed by atoms with Gasteiger partial charge in [0.05, 0.1) is 10.8 Å². The number of nitro benzene ring substituents is 1. The number of hydrogen-bond donors (Lipinski definition) is 1. The van der Waals surface area contributed by atoms with Crippen molar-refractivity contribution in [3.8, 4) is 0 Å². The van der Waals surface area contributed by atoms with Crippen molar-refractivity contribution in [3.05, 3.63) is 39.9 Å². The van der Waals surface area contributed by atoms with Crippen LogP contribution in [0, 0.1) is 16.0 Å². The van der Waals surface area contributed by atoms with Crippen LogP contribution < -0.4 is 0 Å². The van der Waals surface area contributed by atoms with E-state index in [4.69, 9.17) is 0 Å². The predicted octanol–water partition coefficient (Wildman–Crippen LogP) is 2.56. The van der Waals surface area contributed by atoms with Crippen molar-refractivity contribution in [3.63, 3.8) is 0 Å². The average molecular weight is 235 g/mol. The third-order valence-electron chi connectivity index (χ3n) is 3.33. The molecule has 0 bridgehead atoms. The molecule has 17 heavy (non-hydrogen) atoms. The van der Waals surface area contributed by atoms with Gasteiger partial charge in [0.25, 0.3) is 5.69 Å². The van der Waals surface area contributed by atoms with E-state index in [-0.39, 0.29) is 11.6 Å². The number of non-ortho nitro benzene ring substituents is 1. The Morgan fingerprint density at radius 2 is 2.18 bits per heavy atom. The Hall–Kier alpha value is -1.91. The molecule has 1 aliphatic rings. The number of carbonyl (C=O) groups is 1. The standard InChI is InChI=1S/C12H13NO4/c14-12(15)11(8-3-1-4-8)9-5-2-6-10(7-9)13(16)17/h2,5-8,11H,1,3-4H2,(H,14,15). The third-order valence-corrected chi connectivity index (χ3v) is 3.33. The monoisotopic (exact) mass is 235 g/mol. The third kappa shape index (κ3) is 2.27. The summed E-state index contributed by atoms with van der Waals surface area (Å²) >= 11 is 0. The van der Waals surface area contributed by atoms with Gasteiger partial charge < -0.3 is 5.11 Å². The van der Waals surface area contributed by atoms with E-state index in [0.717, 1.165) is 19.3 Å². The topological polar surface area (TPSA) is 80.4 Å². The first-order valence-electron chi connectivity index (χ1n) is 5.57. The summed E-state index contributed by atoms with van der Waals surface area (Å²) in [6, 6.07) is 5.95. The van der Waals surface area contributed by atoms with Crippen molar-refractivity contribution in [1.29, 1.82) is 0 Å². The van der Waals surface area contributed by atoms with E-state index in [0.29, 0.717) is 5.56 Å². The molecule has 1 aromatic carbocycles. The molecule has 1 aromatic rings. The van der Waals surface area contributed by atoms with E-state index in [1.54, 1.807) is 12.1 Å². The van der Waals surface area contributed by atoms with Crippen LogP contribution in [0.2, 0.25) is 0 Å². The van der Waals surface area contributed by atoms with Crippen LogP contribution in [0.5, 0.6) is 0 Å². The van der Waals surface area contributed by atoms with Crippen LogP contribution in [0.1, 0.15) is 30.7 Å². The molecule has 1 N–H and O–H groups in total. The summed E-state index contributed by atoms with van der Waals surface area (Å²) in [5.41, 5.74) is 0.490. The van der Waals surface area contributed by atoms with Crippen LogP contribution in [0.3, 0.4) is 0 Å². The number of nitrogens with zero attached hydrogens (tertiary/aromatic N) is 1. The van der Waals surface area contributed by atoms with E-state index in [9.17, 15) is 20.0 Å². The second kappa shape index (κ2) is 4.53. The Bertz CT molecular complexity index is 454. The molecule has 5 heteroatoms. The zero-order valence-electron chi connectivity index (χ0n) is 9.20. The van der Waals surface area contributed by atoms with Crippen molar-refractivity contribution in [1.82, 2.24) is 0 Å². The van der Waals surface area contributed by atoms with Crippen molar-refractivity contribution in [2.24, 2.45) is 5.92 Å². The number of aliphatic carboxylic acids is 1. The molecule has 1 atom stereocenters. The number of rotatable bonds is 4. The van der Waals surface area contributed by atoms with Gasteiger partial charge in [-0.15, -0.1) is 0 Å². The van der Waals surface area contributed by atoms with Gasteiger partial charge in [0.2, 0.25) is 0 Å². The second-order valence-corrected chi connectivity index (χ2v) is 4.36. The highest BCUT2D eigenvalue weighted by molar-refractivity contribution is 5.77. The van der Waals surface area contributed by atoms with Crippen LogP contribution in [0.25, 0.3) is 0 Å². The Morgan fingerprint density at radius 1 is 1.47 bits per heavy atom. The zero-order chi connectivity index (χ0) is 12.4. The van der Waals surface area contributed by atoms with Gasteiger partial charge in [0, 0.05) is 12.1 Å². The van der Waals surface area contributed by atoms with Crippen LogP contribution >= 0.6 is 0 Å². The highest BCUT2D eigenvalue weighted by atomic mass is 16.6. The number of hydrogen-bond acceptors (Lipinski definition) is 3. The van der Waals surface area contributed by atoms with Gasteiger partial charge in [-0.1, -0.05) is 18.6 Å². The lowest BCUT2D eigenvalue weighted by Gasteiger charge is -2.31. The fourth-order valence-corrected chi connectivity index (χ4v) is 2.22. The lowest BCUT2D eigenvalue weighted by Crippen LogP contribution is -2.26. The van der Waals surface area contributed by atoms with E-state index >= 15 is 0 Å². The SMILES string of the molecule is O=C(O)C(c1cccc([N+](=O)[O-])c1)C1CCC1. The Balaban J connectivity index is 2.32. The van der Waals surface area contributed by atoms with Crippen LogP contribution in [0.15, 0.2) is 24.3 Å². The fourth-order valence-electron chi connectivity index (χ4n) is 2.22. The Morgan fingerprint density at radius 3 is 2.65 bits per heavy atom. The number of nitro groups is 1. The molecule has 5 nitrogen and oxygen atoms in total. The van der Waals surface area contributed by atoms with Gasteiger partial charge in [0.15, 0.2) is 0 Å². The van der Waals surface area contributed by atoms with Gasteiger partial charge in [0.1, 0.15) is 0 Å². The minimum Gasteiger partial charge on any atom is -0.481 e. The molecular formula is C12H13NO4. The van der Waals surface area contributed by atoms with Crippen LogP contribution in [-0.2, 0) is 4.79 Å². The molecule has 0 amide bonds. The molecular weight excluding hydrogens is 222 g/mol. The highest BCUT2D eigenvalue weighted by Crippen LogP contribution is 2.40. The molecule has 0 spiro atoms. The fraction of sp³-hybridized carbons (Fsp3) is 0.417. The molecule has 0 aromatic heterocycles. The number of carboxylic acids is 1. The number of benzene rings is 1. The smallest absolute Gasteiger partial charge is 0.311 e. The molecule has 2 rings (SSSR count). The van der Waals surface area contributed by atoms with Gasteiger partial charge in [-0.05, 0) is 24.3 Å². The first kappa shape index (κ1) is 11.6.